The number of pyridine rings is 1. The molecule has 1 N–H and O–H groups in total. The standard InChI is InChI=1S/C24H33NO4/c1-6-7-14-29-22-20-12-11-19(16-21(20)25-24(26)23(22)27-5)28-15-13-18(4)10-8-9-17(2)3/h9,11-13,16H,6-8,10,14-15H2,1-5H3,(H,25,26)/b18-13+. The number of benzene rings is 1. The molecule has 0 atom stereocenters. The Kier molecular flexibility index (Phi) is 8.84. The lowest BCUT2D eigenvalue weighted by atomic mass is 10.1. The Hall–Kier alpha value is -2.69. The second-order valence-electron chi connectivity index (χ2n) is 7.41. The third kappa shape index (κ3) is 6.70. The van der Waals surface area contributed by atoms with Crippen LogP contribution < -0.4 is 19.8 Å². The topological polar surface area (TPSA) is 60.5 Å². The molecule has 1 heterocycles. The van der Waals surface area contributed by atoms with Gasteiger partial charge in [0.05, 0.1) is 19.2 Å². The van der Waals surface area contributed by atoms with Crippen LogP contribution in [0.3, 0.4) is 0 Å². The summed E-state index contributed by atoms with van der Waals surface area (Å²) in [6.07, 6.45) is 8.34. The molecule has 0 fully saturated rings. The van der Waals surface area contributed by atoms with Crippen molar-refractivity contribution < 1.29 is 14.2 Å². The lowest BCUT2D eigenvalue weighted by Crippen LogP contribution is -2.12. The molecule has 0 spiro atoms. The van der Waals surface area contributed by atoms with Gasteiger partial charge in [-0.15, -0.1) is 0 Å². The van der Waals surface area contributed by atoms with Gasteiger partial charge in [-0.25, -0.2) is 0 Å². The molecule has 0 aliphatic rings. The Bertz CT molecular complexity index is 920. The highest BCUT2D eigenvalue weighted by Gasteiger charge is 2.15. The van der Waals surface area contributed by atoms with E-state index in [0.29, 0.717) is 30.2 Å². The zero-order valence-corrected chi connectivity index (χ0v) is 18.3. The van der Waals surface area contributed by atoms with Gasteiger partial charge in [-0.05, 0) is 58.2 Å². The van der Waals surface area contributed by atoms with Crippen LogP contribution in [0.25, 0.3) is 10.9 Å². The first-order valence-corrected chi connectivity index (χ1v) is 10.2. The third-order valence-electron chi connectivity index (χ3n) is 4.62. The zero-order chi connectivity index (χ0) is 21.2. The summed E-state index contributed by atoms with van der Waals surface area (Å²) in [7, 11) is 1.48. The highest BCUT2D eigenvalue weighted by molar-refractivity contribution is 5.88. The van der Waals surface area contributed by atoms with Crippen molar-refractivity contribution in [2.75, 3.05) is 20.3 Å². The molecule has 0 radical (unpaired) electrons. The molecule has 0 saturated carbocycles. The maximum atomic E-state index is 12.4. The molecule has 158 valence electrons. The quantitative estimate of drug-likeness (QED) is 0.384. The fourth-order valence-corrected chi connectivity index (χ4v) is 2.94. The molecule has 0 bridgehead atoms. The maximum absolute atomic E-state index is 12.4. The molecule has 0 unspecified atom stereocenters. The lowest BCUT2D eigenvalue weighted by Gasteiger charge is -2.13. The summed E-state index contributed by atoms with van der Waals surface area (Å²) in [6.45, 7) is 9.47. The van der Waals surface area contributed by atoms with Crippen LogP contribution in [0.1, 0.15) is 53.4 Å². The predicted molar refractivity (Wildman–Crippen MR) is 119 cm³/mol. The van der Waals surface area contributed by atoms with Gasteiger partial charge >= 0.3 is 0 Å². The number of fused-ring (bicyclic) bond motifs is 1. The van der Waals surface area contributed by atoms with Gasteiger partial charge in [0.25, 0.3) is 5.56 Å². The number of aromatic amines is 1. The van der Waals surface area contributed by atoms with Gasteiger partial charge in [-0.1, -0.05) is 30.6 Å². The Morgan fingerprint density at radius 3 is 2.59 bits per heavy atom. The first-order valence-electron chi connectivity index (χ1n) is 10.2. The number of methoxy groups -OCH3 is 1. The Labute approximate surface area is 173 Å². The van der Waals surface area contributed by atoms with Crippen molar-refractivity contribution in [3.63, 3.8) is 0 Å². The molecule has 2 aromatic rings. The summed E-state index contributed by atoms with van der Waals surface area (Å²) < 4.78 is 17.0. The summed E-state index contributed by atoms with van der Waals surface area (Å²) in [6, 6.07) is 5.62. The molecule has 0 saturated heterocycles. The van der Waals surface area contributed by atoms with E-state index in [1.54, 1.807) is 0 Å². The van der Waals surface area contributed by atoms with Gasteiger partial charge in [0.2, 0.25) is 5.75 Å². The molecule has 5 nitrogen and oxygen atoms in total. The van der Waals surface area contributed by atoms with Crippen molar-refractivity contribution >= 4 is 10.9 Å². The van der Waals surface area contributed by atoms with Crippen molar-refractivity contribution in [2.24, 2.45) is 0 Å². The van der Waals surface area contributed by atoms with Crippen molar-refractivity contribution in [3.8, 4) is 17.2 Å². The molecular weight excluding hydrogens is 366 g/mol. The van der Waals surface area contributed by atoms with E-state index in [2.05, 4.69) is 44.8 Å². The molecule has 2 rings (SSSR count). The van der Waals surface area contributed by atoms with E-state index in [1.165, 1.54) is 18.3 Å². The van der Waals surface area contributed by atoms with E-state index >= 15 is 0 Å². The van der Waals surface area contributed by atoms with Gasteiger partial charge in [0.1, 0.15) is 12.4 Å². The number of unbranched alkanes of at least 4 members (excludes halogenated alkanes) is 1. The maximum Gasteiger partial charge on any atom is 0.294 e. The van der Waals surface area contributed by atoms with Crippen LogP contribution in [0.5, 0.6) is 17.2 Å². The molecular formula is C24H33NO4. The fraction of sp³-hybridized carbons (Fsp3) is 0.458. The first-order chi connectivity index (χ1) is 14.0. The zero-order valence-electron chi connectivity index (χ0n) is 18.3. The number of aromatic nitrogens is 1. The number of rotatable bonds is 11. The monoisotopic (exact) mass is 399 g/mol. The minimum atomic E-state index is -0.307. The number of hydrogen-bond donors (Lipinski definition) is 1. The van der Waals surface area contributed by atoms with Crippen LogP contribution in [0.4, 0.5) is 0 Å². The normalized spacial score (nSPS) is 11.4. The summed E-state index contributed by atoms with van der Waals surface area (Å²) >= 11 is 0. The van der Waals surface area contributed by atoms with E-state index < -0.39 is 0 Å². The highest BCUT2D eigenvalue weighted by atomic mass is 16.5. The van der Waals surface area contributed by atoms with Crippen LogP contribution in [-0.2, 0) is 0 Å². The second kappa shape index (κ2) is 11.3. The van der Waals surface area contributed by atoms with Crippen molar-refractivity contribution in [3.05, 3.63) is 51.9 Å². The number of nitrogens with one attached hydrogen (secondary N) is 1. The van der Waals surface area contributed by atoms with Crippen LogP contribution in [0, 0.1) is 0 Å². The number of hydrogen-bond acceptors (Lipinski definition) is 4. The minimum absolute atomic E-state index is 0.206. The smallest absolute Gasteiger partial charge is 0.294 e. The van der Waals surface area contributed by atoms with Crippen molar-refractivity contribution in [1.29, 1.82) is 0 Å². The average molecular weight is 400 g/mol. The van der Waals surface area contributed by atoms with Crippen molar-refractivity contribution in [2.45, 2.75) is 53.4 Å². The Balaban J connectivity index is 2.15. The molecule has 1 aromatic heterocycles. The summed E-state index contributed by atoms with van der Waals surface area (Å²) in [5, 5.41) is 0.804. The van der Waals surface area contributed by atoms with Gasteiger partial charge in [-0.2, -0.15) is 0 Å². The Morgan fingerprint density at radius 1 is 1.10 bits per heavy atom. The largest absolute Gasteiger partial charge is 0.489 e. The van der Waals surface area contributed by atoms with Gasteiger partial charge < -0.3 is 19.2 Å². The molecule has 0 aliphatic carbocycles. The minimum Gasteiger partial charge on any atom is -0.489 e. The van der Waals surface area contributed by atoms with E-state index in [9.17, 15) is 4.79 Å². The summed E-state index contributed by atoms with van der Waals surface area (Å²) in [5.74, 6) is 1.39. The van der Waals surface area contributed by atoms with Crippen LogP contribution in [-0.4, -0.2) is 25.3 Å². The number of ether oxygens (including phenoxy) is 3. The summed E-state index contributed by atoms with van der Waals surface area (Å²) in [5.41, 5.74) is 3.00. The first kappa shape index (κ1) is 22.6. The van der Waals surface area contributed by atoms with E-state index in [1.807, 2.05) is 18.2 Å². The third-order valence-corrected chi connectivity index (χ3v) is 4.62. The van der Waals surface area contributed by atoms with Crippen LogP contribution >= 0.6 is 0 Å². The van der Waals surface area contributed by atoms with Crippen LogP contribution in [0.2, 0.25) is 0 Å². The summed E-state index contributed by atoms with van der Waals surface area (Å²) in [4.78, 5) is 15.2. The van der Waals surface area contributed by atoms with E-state index in [0.717, 1.165) is 31.1 Å². The molecule has 1 aromatic carbocycles. The van der Waals surface area contributed by atoms with Gasteiger partial charge in [-0.3, -0.25) is 4.79 Å². The van der Waals surface area contributed by atoms with Gasteiger partial charge in [0.15, 0.2) is 5.75 Å². The number of allylic oxidation sites excluding steroid dienone is 3. The molecule has 0 aliphatic heterocycles. The molecule has 0 amide bonds. The average Bonchev–Trinajstić information content (AvgIpc) is 2.67. The predicted octanol–water partition coefficient (Wildman–Crippen LogP) is 5.79. The molecule has 29 heavy (non-hydrogen) atoms. The molecule has 5 heteroatoms. The van der Waals surface area contributed by atoms with Gasteiger partial charge in [0, 0.05) is 11.5 Å². The van der Waals surface area contributed by atoms with Crippen LogP contribution in [0.15, 0.2) is 46.3 Å². The SMILES string of the molecule is CCCCOc1c(OC)c(=O)[nH]c2cc(OC/C=C(\C)CCC=C(C)C)ccc12. The Morgan fingerprint density at radius 2 is 1.90 bits per heavy atom. The fourth-order valence-electron chi connectivity index (χ4n) is 2.94. The lowest BCUT2D eigenvalue weighted by molar-refractivity contribution is 0.290. The number of H-pyrrole nitrogens is 1. The van der Waals surface area contributed by atoms with E-state index in [-0.39, 0.29) is 11.3 Å². The van der Waals surface area contributed by atoms with Crippen molar-refractivity contribution in [1.82, 2.24) is 4.98 Å². The van der Waals surface area contributed by atoms with E-state index in [4.69, 9.17) is 14.2 Å². The second-order valence-corrected chi connectivity index (χ2v) is 7.41. The highest BCUT2D eigenvalue weighted by Crippen LogP contribution is 2.33.